The second-order valence-corrected chi connectivity index (χ2v) is 7.24. The molecule has 0 N–H and O–H groups in total. The van der Waals surface area contributed by atoms with Crippen molar-refractivity contribution in [2.75, 3.05) is 51.8 Å². The van der Waals surface area contributed by atoms with Gasteiger partial charge in [-0.1, -0.05) is 12.1 Å². The Bertz CT molecular complexity index is 740. The van der Waals surface area contributed by atoms with Crippen LogP contribution >= 0.6 is 0 Å². The molecule has 0 aliphatic carbocycles. The second-order valence-electron chi connectivity index (χ2n) is 7.24. The summed E-state index contributed by atoms with van der Waals surface area (Å²) >= 11 is 0. The van der Waals surface area contributed by atoms with Crippen LogP contribution < -0.4 is 9.64 Å². The summed E-state index contributed by atoms with van der Waals surface area (Å²) in [6.45, 7) is 7.09. The number of fused-ring (bicyclic) bond motifs is 1. The average molecular weight is 353 g/mol. The van der Waals surface area contributed by atoms with Crippen LogP contribution in [-0.4, -0.2) is 66.6 Å². The van der Waals surface area contributed by atoms with E-state index in [1.54, 1.807) is 7.11 Å². The lowest BCUT2D eigenvalue weighted by molar-refractivity contribution is 0.242. The van der Waals surface area contributed by atoms with Gasteiger partial charge < -0.3 is 14.5 Å². The molecule has 1 aromatic carbocycles. The van der Waals surface area contributed by atoms with E-state index >= 15 is 0 Å². The fraction of sp³-hybridized carbons (Fsp3) is 0.500. The Morgan fingerprint density at radius 3 is 2.54 bits per heavy atom. The minimum absolute atomic E-state index is 0.903. The first-order valence-electron chi connectivity index (χ1n) is 9.35. The number of rotatable bonds is 4. The van der Waals surface area contributed by atoms with Crippen LogP contribution in [0.15, 0.2) is 30.5 Å². The van der Waals surface area contributed by atoms with Gasteiger partial charge in [0.15, 0.2) is 0 Å². The molecular formula is C20H27N5O. The highest BCUT2D eigenvalue weighted by Crippen LogP contribution is 2.22. The van der Waals surface area contributed by atoms with Gasteiger partial charge in [-0.25, -0.2) is 9.97 Å². The van der Waals surface area contributed by atoms with Crippen molar-refractivity contribution in [2.24, 2.45) is 0 Å². The lowest BCUT2D eigenvalue weighted by Gasteiger charge is -2.33. The highest BCUT2D eigenvalue weighted by Gasteiger charge is 2.21. The van der Waals surface area contributed by atoms with Gasteiger partial charge in [-0.3, -0.25) is 4.90 Å². The largest absolute Gasteiger partial charge is 0.497 e. The molecule has 0 saturated carbocycles. The molecule has 4 rings (SSSR count). The standard InChI is InChI=1S/C20H27N5O/c1-23-9-11-25(12-10-23)20-21-13-17-15-24(8-7-19(17)22-20)14-16-3-5-18(26-2)6-4-16/h3-6,13H,7-12,14-15H2,1-2H3. The average Bonchev–Trinajstić information content (AvgIpc) is 2.69. The molecule has 0 atom stereocenters. The van der Waals surface area contributed by atoms with Crippen molar-refractivity contribution in [2.45, 2.75) is 19.5 Å². The van der Waals surface area contributed by atoms with Gasteiger partial charge in [0, 0.05) is 64.0 Å². The van der Waals surface area contributed by atoms with E-state index in [1.165, 1.54) is 16.8 Å². The van der Waals surface area contributed by atoms with E-state index in [1.807, 2.05) is 18.3 Å². The topological polar surface area (TPSA) is 44.7 Å². The summed E-state index contributed by atoms with van der Waals surface area (Å²) in [5, 5.41) is 0. The van der Waals surface area contributed by atoms with Gasteiger partial charge in [-0.2, -0.15) is 0 Å². The van der Waals surface area contributed by atoms with Crippen molar-refractivity contribution >= 4 is 5.95 Å². The van der Waals surface area contributed by atoms with Crippen LogP contribution in [0.5, 0.6) is 5.75 Å². The van der Waals surface area contributed by atoms with Crippen molar-refractivity contribution in [3.8, 4) is 5.75 Å². The highest BCUT2D eigenvalue weighted by atomic mass is 16.5. The smallest absolute Gasteiger partial charge is 0.225 e. The zero-order chi connectivity index (χ0) is 17.9. The summed E-state index contributed by atoms with van der Waals surface area (Å²) in [4.78, 5) is 16.7. The highest BCUT2D eigenvalue weighted by molar-refractivity contribution is 5.35. The van der Waals surface area contributed by atoms with Crippen molar-refractivity contribution in [3.05, 3.63) is 47.3 Å². The number of piperazine rings is 1. The zero-order valence-corrected chi connectivity index (χ0v) is 15.7. The lowest BCUT2D eigenvalue weighted by atomic mass is 10.1. The number of nitrogens with zero attached hydrogens (tertiary/aromatic N) is 5. The van der Waals surface area contributed by atoms with E-state index in [0.717, 1.165) is 63.9 Å². The Hall–Kier alpha value is -2.18. The molecular weight excluding hydrogens is 326 g/mol. The van der Waals surface area contributed by atoms with Crippen LogP contribution in [0, 0.1) is 0 Å². The quantitative estimate of drug-likeness (QED) is 0.835. The molecule has 2 aliphatic rings. The zero-order valence-electron chi connectivity index (χ0n) is 15.7. The molecule has 6 heteroatoms. The minimum Gasteiger partial charge on any atom is -0.497 e. The van der Waals surface area contributed by atoms with E-state index in [-0.39, 0.29) is 0 Å². The summed E-state index contributed by atoms with van der Waals surface area (Å²) in [6, 6.07) is 8.33. The molecule has 2 aliphatic heterocycles. The first-order chi connectivity index (χ1) is 12.7. The normalized spacial score (nSPS) is 18.6. The summed E-state index contributed by atoms with van der Waals surface area (Å²) < 4.78 is 5.24. The molecule has 0 radical (unpaired) electrons. The molecule has 26 heavy (non-hydrogen) atoms. The van der Waals surface area contributed by atoms with Crippen LogP contribution in [0.4, 0.5) is 5.95 Å². The Labute approximate surface area is 155 Å². The van der Waals surface area contributed by atoms with Crippen LogP contribution in [-0.2, 0) is 19.5 Å². The molecule has 1 fully saturated rings. The van der Waals surface area contributed by atoms with Crippen LogP contribution in [0.25, 0.3) is 0 Å². The summed E-state index contributed by atoms with van der Waals surface area (Å²) in [6.07, 6.45) is 3.03. The summed E-state index contributed by atoms with van der Waals surface area (Å²) in [5.74, 6) is 1.81. The monoisotopic (exact) mass is 353 g/mol. The van der Waals surface area contributed by atoms with E-state index in [4.69, 9.17) is 9.72 Å². The molecule has 0 spiro atoms. The van der Waals surface area contributed by atoms with Gasteiger partial charge in [0.2, 0.25) is 5.95 Å². The molecule has 0 unspecified atom stereocenters. The molecule has 1 saturated heterocycles. The van der Waals surface area contributed by atoms with Crippen LogP contribution in [0.2, 0.25) is 0 Å². The summed E-state index contributed by atoms with van der Waals surface area (Å²) in [5.41, 5.74) is 3.80. The van der Waals surface area contributed by atoms with Crippen molar-refractivity contribution in [3.63, 3.8) is 0 Å². The molecule has 2 aromatic rings. The molecule has 138 valence electrons. The van der Waals surface area contributed by atoms with Crippen molar-refractivity contribution < 1.29 is 4.74 Å². The number of likely N-dealkylation sites (N-methyl/N-ethyl adjacent to an activating group) is 1. The first-order valence-corrected chi connectivity index (χ1v) is 9.35. The minimum atomic E-state index is 0.903. The number of anilines is 1. The molecule has 0 bridgehead atoms. The van der Waals surface area contributed by atoms with E-state index in [9.17, 15) is 0 Å². The van der Waals surface area contributed by atoms with Crippen molar-refractivity contribution in [1.82, 2.24) is 19.8 Å². The lowest BCUT2D eigenvalue weighted by Crippen LogP contribution is -2.45. The fourth-order valence-electron chi connectivity index (χ4n) is 3.65. The van der Waals surface area contributed by atoms with Crippen LogP contribution in [0.3, 0.4) is 0 Å². The second kappa shape index (κ2) is 7.60. The molecule has 0 amide bonds. The number of hydrogen-bond acceptors (Lipinski definition) is 6. The third kappa shape index (κ3) is 3.81. The third-order valence-corrected chi connectivity index (χ3v) is 5.35. The Morgan fingerprint density at radius 1 is 1.04 bits per heavy atom. The van der Waals surface area contributed by atoms with E-state index < -0.39 is 0 Å². The number of methoxy groups -OCH3 is 1. The summed E-state index contributed by atoms with van der Waals surface area (Å²) in [7, 11) is 3.87. The Morgan fingerprint density at radius 2 is 1.81 bits per heavy atom. The van der Waals surface area contributed by atoms with E-state index in [0.29, 0.717) is 0 Å². The van der Waals surface area contributed by atoms with E-state index in [2.05, 4.69) is 38.9 Å². The fourth-order valence-corrected chi connectivity index (χ4v) is 3.65. The Balaban J connectivity index is 1.40. The predicted octanol–water partition coefficient (Wildman–Crippen LogP) is 1.80. The number of hydrogen-bond donors (Lipinski definition) is 0. The van der Waals surface area contributed by atoms with Gasteiger partial charge in [0.1, 0.15) is 5.75 Å². The maximum absolute atomic E-state index is 5.24. The first kappa shape index (κ1) is 17.2. The van der Waals surface area contributed by atoms with Crippen LogP contribution in [0.1, 0.15) is 16.8 Å². The maximum atomic E-state index is 5.24. The van der Waals surface area contributed by atoms with Gasteiger partial charge in [0.05, 0.1) is 12.8 Å². The van der Waals surface area contributed by atoms with Gasteiger partial charge in [-0.15, -0.1) is 0 Å². The molecule has 6 nitrogen and oxygen atoms in total. The number of aromatic nitrogens is 2. The predicted molar refractivity (Wildman–Crippen MR) is 103 cm³/mol. The number of benzene rings is 1. The van der Waals surface area contributed by atoms with Gasteiger partial charge in [0.25, 0.3) is 0 Å². The van der Waals surface area contributed by atoms with Gasteiger partial charge in [-0.05, 0) is 24.7 Å². The maximum Gasteiger partial charge on any atom is 0.225 e. The van der Waals surface area contributed by atoms with Gasteiger partial charge >= 0.3 is 0 Å². The van der Waals surface area contributed by atoms with Crippen molar-refractivity contribution in [1.29, 1.82) is 0 Å². The Kier molecular flexibility index (Phi) is 5.04. The third-order valence-electron chi connectivity index (χ3n) is 5.35. The molecule has 1 aromatic heterocycles. The molecule has 3 heterocycles. The number of ether oxygens (including phenoxy) is 1. The SMILES string of the molecule is COc1ccc(CN2CCc3nc(N4CCN(C)CC4)ncc3C2)cc1.